The van der Waals surface area contributed by atoms with Crippen molar-refractivity contribution in [2.45, 2.75) is 31.0 Å². The normalized spacial score (nSPS) is 35.7. The molecule has 0 aromatic heterocycles. The molecule has 0 bridgehead atoms. The van der Waals surface area contributed by atoms with Crippen molar-refractivity contribution in [3.63, 3.8) is 0 Å². The van der Waals surface area contributed by atoms with Crippen LogP contribution in [0.2, 0.25) is 0 Å². The summed E-state index contributed by atoms with van der Waals surface area (Å²) in [4.78, 5) is 16.3. The van der Waals surface area contributed by atoms with Crippen molar-refractivity contribution >= 4 is 5.91 Å². The molecule has 3 N–H and O–H groups in total. The second kappa shape index (κ2) is 5.38. The van der Waals surface area contributed by atoms with Crippen LogP contribution in [0.1, 0.15) is 12.8 Å². The second-order valence-electron chi connectivity index (χ2n) is 5.69. The lowest BCUT2D eigenvalue weighted by Gasteiger charge is -2.28. The standard InChI is InChI=1S/C13H23N3O2/c1-15(2)7-11-6-12(17)8-16(11)13(18)9-3-4-10(14)5-9/h3-4,9-12,17H,5-8,14H2,1-2H3. The first kappa shape index (κ1) is 13.5. The van der Waals surface area contributed by atoms with E-state index in [1.807, 2.05) is 31.1 Å². The van der Waals surface area contributed by atoms with Gasteiger partial charge in [0.15, 0.2) is 0 Å². The van der Waals surface area contributed by atoms with Gasteiger partial charge in [-0.25, -0.2) is 0 Å². The van der Waals surface area contributed by atoms with E-state index in [0.29, 0.717) is 19.4 Å². The quantitative estimate of drug-likeness (QED) is 0.660. The van der Waals surface area contributed by atoms with Gasteiger partial charge in [-0.1, -0.05) is 12.2 Å². The van der Waals surface area contributed by atoms with Crippen LogP contribution in [0.4, 0.5) is 0 Å². The first-order valence-electron chi connectivity index (χ1n) is 6.54. The highest BCUT2D eigenvalue weighted by Gasteiger charge is 2.37. The molecule has 102 valence electrons. The van der Waals surface area contributed by atoms with E-state index in [-0.39, 0.29) is 23.9 Å². The van der Waals surface area contributed by atoms with E-state index in [4.69, 9.17) is 5.73 Å². The number of nitrogens with two attached hydrogens (primary N) is 1. The Bertz CT molecular complexity index is 343. The van der Waals surface area contributed by atoms with Crippen molar-refractivity contribution in [1.29, 1.82) is 0 Å². The Labute approximate surface area is 108 Å². The molecule has 0 aromatic rings. The van der Waals surface area contributed by atoms with E-state index in [9.17, 15) is 9.90 Å². The number of rotatable bonds is 3. The third-order valence-electron chi connectivity index (χ3n) is 3.69. The molecule has 0 spiro atoms. The summed E-state index contributed by atoms with van der Waals surface area (Å²) in [5.41, 5.74) is 5.79. The highest BCUT2D eigenvalue weighted by molar-refractivity contribution is 5.82. The molecule has 1 heterocycles. The zero-order chi connectivity index (χ0) is 13.3. The predicted molar refractivity (Wildman–Crippen MR) is 69.9 cm³/mol. The van der Waals surface area contributed by atoms with Crippen LogP contribution in [0.15, 0.2) is 12.2 Å². The Kier molecular flexibility index (Phi) is 4.04. The van der Waals surface area contributed by atoms with Gasteiger partial charge in [0, 0.05) is 25.2 Å². The van der Waals surface area contributed by atoms with Gasteiger partial charge in [0.25, 0.3) is 0 Å². The van der Waals surface area contributed by atoms with Crippen molar-refractivity contribution in [1.82, 2.24) is 9.80 Å². The molecule has 5 nitrogen and oxygen atoms in total. The van der Waals surface area contributed by atoms with Crippen LogP contribution < -0.4 is 5.73 Å². The average molecular weight is 253 g/mol. The van der Waals surface area contributed by atoms with Gasteiger partial charge < -0.3 is 20.6 Å². The summed E-state index contributed by atoms with van der Waals surface area (Å²) in [6, 6.07) is 0.117. The number of hydrogen-bond acceptors (Lipinski definition) is 4. The van der Waals surface area contributed by atoms with Gasteiger partial charge in [0.2, 0.25) is 5.91 Å². The van der Waals surface area contributed by atoms with Crippen molar-refractivity contribution < 1.29 is 9.90 Å². The Morgan fingerprint density at radius 1 is 1.44 bits per heavy atom. The fraction of sp³-hybridized carbons (Fsp3) is 0.769. The second-order valence-corrected chi connectivity index (χ2v) is 5.69. The number of amides is 1. The zero-order valence-electron chi connectivity index (χ0n) is 11.1. The van der Waals surface area contributed by atoms with Crippen molar-refractivity contribution in [2.75, 3.05) is 27.2 Å². The molecule has 1 amide bonds. The van der Waals surface area contributed by atoms with Gasteiger partial charge in [-0.2, -0.15) is 0 Å². The Balaban J connectivity index is 2.01. The summed E-state index contributed by atoms with van der Waals surface area (Å²) >= 11 is 0. The van der Waals surface area contributed by atoms with Crippen LogP contribution in [0, 0.1) is 5.92 Å². The molecule has 0 saturated carbocycles. The maximum atomic E-state index is 12.4. The summed E-state index contributed by atoms with van der Waals surface area (Å²) in [7, 11) is 3.97. The largest absolute Gasteiger partial charge is 0.391 e. The molecule has 4 atom stereocenters. The number of nitrogens with zero attached hydrogens (tertiary/aromatic N) is 2. The lowest BCUT2D eigenvalue weighted by atomic mass is 10.1. The maximum absolute atomic E-state index is 12.4. The maximum Gasteiger partial charge on any atom is 0.229 e. The number of likely N-dealkylation sites (N-methyl/N-ethyl adjacent to an activating group) is 1. The fourth-order valence-corrected chi connectivity index (χ4v) is 2.88. The number of aliphatic hydroxyl groups excluding tert-OH is 1. The van der Waals surface area contributed by atoms with E-state index in [0.717, 1.165) is 6.54 Å². The van der Waals surface area contributed by atoms with Gasteiger partial charge >= 0.3 is 0 Å². The van der Waals surface area contributed by atoms with Gasteiger partial charge in [0.05, 0.1) is 12.0 Å². The van der Waals surface area contributed by atoms with Crippen LogP contribution in [-0.2, 0) is 4.79 Å². The summed E-state index contributed by atoms with van der Waals surface area (Å²) < 4.78 is 0. The predicted octanol–water partition coefficient (Wildman–Crippen LogP) is -0.587. The Morgan fingerprint density at radius 3 is 2.72 bits per heavy atom. The third kappa shape index (κ3) is 2.91. The molecule has 2 aliphatic rings. The molecule has 18 heavy (non-hydrogen) atoms. The molecule has 0 radical (unpaired) electrons. The van der Waals surface area contributed by atoms with E-state index in [2.05, 4.69) is 4.90 Å². The molecule has 1 fully saturated rings. The summed E-state index contributed by atoms with van der Waals surface area (Å²) in [6.07, 6.45) is 4.78. The van der Waals surface area contributed by atoms with E-state index in [1.54, 1.807) is 0 Å². The lowest BCUT2D eigenvalue weighted by molar-refractivity contribution is -0.135. The number of likely N-dealkylation sites (tertiary alicyclic amines) is 1. The van der Waals surface area contributed by atoms with Crippen molar-refractivity contribution in [3.05, 3.63) is 12.2 Å². The van der Waals surface area contributed by atoms with Crippen molar-refractivity contribution in [3.8, 4) is 0 Å². The average Bonchev–Trinajstić information content (AvgIpc) is 2.83. The van der Waals surface area contributed by atoms with Crippen LogP contribution in [0.25, 0.3) is 0 Å². The Morgan fingerprint density at radius 2 is 2.17 bits per heavy atom. The molecule has 4 unspecified atom stereocenters. The molecule has 0 aromatic carbocycles. The highest BCUT2D eigenvalue weighted by Crippen LogP contribution is 2.25. The van der Waals surface area contributed by atoms with Gasteiger partial charge in [-0.3, -0.25) is 4.79 Å². The molecule has 1 aliphatic carbocycles. The molecule has 1 aliphatic heterocycles. The molecule has 2 rings (SSSR count). The summed E-state index contributed by atoms with van der Waals surface area (Å²) in [5, 5.41) is 9.77. The summed E-state index contributed by atoms with van der Waals surface area (Å²) in [6.45, 7) is 1.25. The number of hydrogen-bond donors (Lipinski definition) is 2. The molecular weight excluding hydrogens is 230 g/mol. The highest BCUT2D eigenvalue weighted by atomic mass is 16.3. The van der Waals surface area contributed by atoms with Gasteiger partial charge in [0.1, 0.15) is 0 Å². The molecular formula is C13H23N3O2. The van der Waals surface area contributed by atoms with Gasteiger partial charge in [-0.05, 0) is 26.9 Å². The zero-order valence-corrected chi connectivity index (χ0v) is 11.1. The molecule has 1 saturated heterocycles. The van der Waals surface area contributed by atoms with E-state index in [1.165, 1.54) is 0 Å². The number of carbonyl (C=O) groups is 1. The minimum absolute atomic E-state index is 0.00113. The number of aliphatic hydroxyl groups is 1. The van der Waals surface area contributed by atoms with Crippen LogP contribution in [0.3, 0.4) is 0 Å². The van der Waals surface area contributed by atoms with E-state index >= 15 is 0 Å². The van der Waals surface area contributed by atoms with Crippen LogP contribution in [0.5, 0.6) is 0 Å². The SMILES string of the molecule is CN(C)CC1CC(O)CN1C(=O)C1C=CC(N)C1. The third-order valence-corrected chi connectivity index (χ3v) is 3.69. The van der Waals surface area contributed by atoms with Gasteiger partial charge in [-0.15, -0.1) is 0 Å². The summed E-state index contributed by atoms with van der Waals surface area (Å²) in [5.74, 6) is 0.0116. The van der Waals surface area contributed by atoms with Crippen LogP contribution in [-0.4, -0.2) is 66.2 Å². The minimum atomic E-state index is -0.391. The van der Waals surface area contributed by atoms with Crippen LogP contribution >= 0.6 is 0 Å². The lowest BCUT2D eigenvalue weighted by Crippen LogP contribution is -2.44. The van der Waals surface area contributed by atoms with E-state index < -0.39 is 6.10 Å². The van der Waals surface area contributed by atoms with Crippen molar-refractivity contribution in [2.24, 2.45) is 11.7 Å². The topological polar surface area (TPSA) is 69.8 Å². The smallest absolute Gasteiger partial charge is 0.229 e. The minimum Gasteiger partial charge on any atom is -0.391 e. The first-order chi connectivity index (χ1) is 8.47. The monoisotopic (exact) mass is 253 g/mol. The Hall–Kier alpha value is -0.910. The number of β-amino-alcohol motifs (C(OH)–C–C–N with tert-alkyl or cyclic N) is 1. The fourth-order valence-electron chi connectivity index (χ4n) is 2.88. The molecule has 5 heteroatoms. The number of carbonyl (C=O) groups excluding carboxylic acids is 1. The first-order valence-corrected chi connectivity index (χ1v) is 6.54.